The van der Waals surface area contributed by atoms with E-state index < -0.39 is 12.4 Å². The monoisotopic (exact) mass is 396 g/mol. The predicted octanol–water partition coefficient (Wildman–Crippen LogP) is 3.34. The van der Waals surface area contributed by atoms with Crippen LogP contribution in [0.15, 0.2) is 42.7 Å². The van der Waals surface area contributed by atoms with Crippen molar-refractivity contribution in [1.82, 2.24) is 15.2 Å². The summed E-state index contributed by atoms with van der Waals surface area (Å²) in [5, 5.41) is 5.37. The first-order chi connectivity index (χ1) is 13.3. The van der Waals surface area contributed by atoms with E-state index in [0.717, 1.165) is 12.1 Å². The van der Waals surface area contributed by atoms with Crippen molar-refractivity contribution in [3.05, 3.63) is 48.3 Å². The molecule has 0 bridgehead atoms. The molecular formula is C18H19F3N4O3. The molecule has 3 N–H and O–H groups in total. The molecule has 1 saturated heterocycles. The van der Waals surface area contributed by atoms with Gasteiger partial charge in [-0.05, 0) is 43.2 Å². The third kappa shape index (κ3) is 5.41. The topological polar surface area (TPSA) is 86.5 Å². The summed E-state index contributed by atoms with van der Waals surface area (Å²) < 4.78 is 40.2. The quantitative estimate of drug-likeness (QED) is 0.741. The second-order valence-corrected chi connectivity index (χ2v) is 6.34. The fourth-order valence-electron chi connectivity index (χ4n) is 2.96. The zero-order valence-corrected chi connectivity index (χ0v) is 14.8. The largest absolute Gasteiger partial charge is 0.573 e. The maximum absolute atomic E-state index is 12.3. The second kappa shape index (κ2) is 8.24. The summed E-state index contributed by atoms with van der Waals surface area (Å²) in [6, 6.07) is 6.04. The summed E-state index contributed by atoms with van der Waals surface area (Å²) in [6.45, 7) is 1.05. The summed E-state index contributed by atoms with van der Waals surface area (Å²) in [7, 11) is 0. The van der Waals surface area contributed by atoms with E-state index in [1.54, 1.807) is 23.4 Å². The van der Waals surface area contributed by atoms with Crippen LogP contribution in [0.5, 0.6) is 5.75 Å². The lowest BCUT2D eigenvalue weighted by molar-refractivity contribution is -0.274. The van der Waals surface area contributed by atoms with Crippen LogP contribution in [0.3, 0.4) is 0 Å². The van der Waals surface area contributed by atoms with Crippen LogP contribution in [0.25, 0.3) is 0 Å². The maximum atomic E-state index is 12.3. The number of hydrogen-bond acceptors (Lipinski definition) is 3. The Morgan fingerprint density at radius 1 is 1.11 bits per heavy atom. The summed E-state index contributed by atoms with van der Waals surface area (Å²) in [6.07, 6.45) is -0.202. The lowest BCUT2D eigenvalue weighted by Crippen LogP contribution is -2.47. The van der Waals surface area contributed by atoms with E-state index in [1.165, 1.54) is 12.1 Å². The minimum absolute atomic E-state index is 0.0506. The zero-order valence-electron chi connectivity index (χ0n) is 14.8. The number of rotatable bonds is 4. The second-order valence-electron chi connectivity index (χ2n) is 6.34. The minimum atomic E-state index is -4.76. The van der Waals surface area contributed by atoms with Gasteiger partial charge in [0.1, 0.15) is 5.75 Å². The molecule has 1 aromatic carbocycles. The highest BCUT2D eigenvalue weighted by Gasteiger charge is 2.31. The Morgan fingerprint density at radius 2 is 1.79 bits per heavy atom. The number of H-pyrrole nitrogens is 1. The number of carbonyl (C=O) groups is 2. The number of alkyl halides is 3. The molecular weight excluding hydrogens is 377 g/mol. The fourth-order valence-corrected chi connectivity index (χ4v) is 2.96. The number of aromatic nitrogens is 1. The van der Waals surface area contributed by atoms with Gasteiger partial charge in [-0.1, -0.05) is 0 Å². The number of anilines is 1. The van der Waals surface area contributed by atoms with Gasteiger partial charge < -0.3 is 25.3 Å². The molecule has 0 atom stereocenters. The fraction of sp³-hybridized carbons (Fsp3) is 0.333. The van der Waals surface area contributed by atoms with Crippen molar-refractivity contribution >= 4 is 17.6 Å². The molecule has 28 heavy (non-hydrogen) atoms. The van der Waals surface area contributed by atoms with E-state index in [1.807, 2.05) is 0 Å². The number of nitrogens with zero attached hydrogens (tertiary/aromatic N) is 1. The van der Waals surface area contributed by atoms with Crippen LogP contribution in [0.1, 0.15) is 23.2 Å². The molecule has 150 valence electrons. The Morgan fingerprint density at radius 3 is 2.36 bits per heavy atom. The van der Waals surface area contributed by atoms with E-state index in [2.05, 4.69) is 20.4 Å². The van der Waals surface area contributed by atoms with Gasteiger partial charge in [0.05, 0.1) is 5.56 Å². The SMILES string of the molecule is O=C(Nc1ccc(OC(F)(F)F)cc1)NC1CCN(C(=O)c2cc[nH]c2)CC1. The maximum Gasteiger partial charge on any atom is 0.573 e. The Hall–Kier alpha value is -3.17. The van der Waals surface area contributed by atoms with E-state index in [4.69, 9.17) is 0 Å². The van der Waals surface area contributed by atoms with Gasteiger partial charge >= 0.3 is 12.4 Å². The number of aromatic amines is 1. The predicted molar refractivity (Wildman–Crippen MR) is 95.0 cm³/mol. The average molecular weight is 396 g/mol. The molecule has 0 aliphatic carbocycles. The van der Waals surface area contributed by atoms with Crippen molar-refractivity contribution in [1.29, 1.82) is 0 Å². The number of likely N-dealkylation sites (tertiary alicyclic amines) is 1. The summed E-state index contributed by atoms with van der Waals surface area (Å²) in [5.74, 6) is -0.414. The molecule has 3 rings (SSSR count). The van der Waals surface area contributed by atoms with Crippen LogP contribution in [-0.4, -0.2) is 47.3 Å². The lowest BCUT2D eigenvalue weighted by Gasteiger charge is -2.32. The normalized spacial score (nSPS) is 15.2. The molecule has 1 aromatic heterocycles. The number of piperidine rings is 1. The molecule has 2 aromatic rings. The van der Waals surface area contributed by atoms with Crippen LogP contribution in [-0.2, 0) is 0 Å². The van der Waals surface area contributed by atoms with Gasteiger partial charge in [-0.2, -0.15) is 0 Å². The van der Waals surface area contributed by atoms with Crippen molar-refractivity contribution < 1.29 is 27.5 Å². The highest BCUT2D eigenvalue weighted by atomic mass is 19.4. The third-order valence-corrected chi connectivity index (χ3v) is 4.31. The number of benzene rings is 1. The van der Waals surface area contributed by atoms with Crippen LogP contribution in [0.2, 0.25) is 0 Å². The molecule has 0 radical (unpaired) electrons. The Balaban J connectivity index is 1.44. The summed E-state index contributed by atoms with van der Waals surface area (Å²) in [5.41, 5.74) is 0.939. The van der Waals surface area contributed by atoms with Crippen molar-refractivity contribution in [2.24, 2.45) is 0 Å². The van der Waals surface area contributed by atoms with Gasteiger partial charge in [0.2, 0.25) is 0 Å². The van der Waals surface area contributed by atoms with E-state index in [9.17, 15) is 22.8 Å². The number of nitrogens with one attached hydrogen (secondary N) is 3. The molecule has 3 amide bonds. The summed E-state index contributed by atoms with van der Waals surface area (Å²) in [4.78, 5) is 28.9. The molecule has 7 nitrogen and oxygen atoms in total. The Bertz CT molecular complexity index is 798. The standard InChI is InChI=1S/C18H19F3N4O3/c19-18(20,21)28-15-3-1-13(2-4-15)23-17(27)24-14-6-9-25(10-7-14)16(26)12-5-8-22-11-12/h1-5,8,11,14,22H,6-7,9-10H2,(H2,23,24,27). The Labute approximate surface area is 158 Å². The zero-order chi connectivity index (χ0) is 20.1. The minimum Gasteiger partial charge on any atom is -0.406 e. The van der Waals surface area contributed by atoms with Crippen molar-refractivity contribution in [2.45, 2.75) is 25.2 Å². The smallest absolute Gasteiger partial charge is 0.406 e. The first-order valence-corrected chi connectivity index (χ1v) is 8.65. The number of carbonyl (C=O) groups excluding carboxylic acids is 2. The molecule has 0 spiro atoms. The molecule has 0 saturated carbocycles. The lowest BCUT2D eigenvalue weighted by atomic mass is 10.0. The van der Waals surface area contributed by atoms with Crippen LogP contribution in [0, 0.1) is 0 Å². The van der Waals surface area contributed by atoms with Gasteiger partial charge in [0.25, 0.3) is 5.91 Å². The molecule has 0 unspecified atom stereocenters. The molecule has 1 fully saturated rings. The van der Waals surface area contributed by atoms with Crippen LogP contribution >= 0.6 is 0 Å². The van der Waals surface area contributed by atoms with E-state index in [-0.39, 0.29) is 17.7 Å². The molecule has 2 heterocycles. The molecule has 1 aliphatic rings. The third-order valence-electron chi connectivity index (χ3n) is 4.31. The molecule has 10 heteroatoms. The number of hydrogen-bond donors (Lipinski definition) is 3. The van der Waals surface area contributed by atoms with Crippen LogP contribution < -0.4 is 15.4 Å². The highest BCUT2D eigenvalue weighted by molar-refractivity contribution is 5.94. The first kappa shape index (κ1) is 19.6. The number of urea groups is 1. The van der Waals surface area contributed by atoms with Gasteiger partial charge in [0, 0.05) is 37.2 Å². The van der Waals surface area contributed by atoms with Crippen molar-refractivity contribution in [2.75, 3.05) is 18.4 Å². The van der Waals surface area contributed by atoms with E-state index in [0.29, 0.717) is 37.2 Å². The van der Waals surface area contributed by atoms with Gasteiger partial charge in [-0.25, -0.2) is 4.79 Å². The van der Waals surface area contributed by atoms with E-state index >= 15 is 0 Å². The van der Waals surface area contributed by atoms with Crippen molar-refractivity contribution in [3.8, 4) is 5.75 Å². The summed E-state index contributed by atoms with van der Waals surface area (Å²) >= 11 is 0. The first-order valence-electron chi connectivity index (χ1n) is 8.65. The van der Waals surface area contributed by atoms with Crippen molar-refractivity contribution in [3.63, 3.8) is 0 Å². The van der Waals surface area contributed by atoms with Crippen LogP contribution in [0.4, 0.5) is 23.7 Å². The Kier molecular flexibility index (Phi) is 5.76. The van der Waals surface area contributed by atoms with Gasteiger partial charge in [0.15, 0.2) is 0 Å². The highest BCUT2D eigenvalue weighted by Crippen LogP contribution is 2.24. The van der Waals surface area contributed by atoms with Gasteiger partial charge in [-0.3, -0.25) is 4.79 Å². The number of ether oxygens (including phenoxy) is 1. The van der Waals surface area contributed by atoms with Gasteiger partial charge in [-0.15, -0.1) is 13.2 Å². The average Bonchev–Trinajstić information content (AvgIpc) is 3.17. The molecule has 1 aliphatic heterocycles. The number of halogens is 3. The number of amides is 3.